The van der Waals surface area contributed by atoms with Gasteiger partial charge in [0.25, 0.3) is 0 Å². The van der Waals surface area contributed by atoms with Gasteiger partial charge in [0.05, 0.1) is 22.4 Å². The van der Waals surface area contributed by atoms with Crippen molar-refractivity contribution in [3.63, 3.8) is 0 Å². The maximum absolute atomic E-state index is 2.44. The molecule has 12 rings (SSSR count). The second-order valence-corrected chi connectivity index (χ2v) is 16.4. The Bertz CT molecular complexity index is 3580. The molecule has 0 saturated carbocycles. The van der Waals surface area contributed by atoms with E-state index in [1.165, 1.54) is 82.3 Å². The summed E-state index contributed by atoms with van der Waals surface area (Å²) in [7, 11) is 0. The van der Waals surface area contributed by atoms with Crippen molar-refractivity contribution < 1.29 is 0 Å². The summed E-state index contributed by atoms with van der Waals surface area (Å²) in [5.41, 5.74) is 16.4. The summed E-state index contributed by atoms with van der Waals surface area (Å²) < 4.78 is 2.44. The van der Waals surface area contributed by atoms with Gasteiger partial charge in [0.2, 0.25) is 0 Å². The number of fused-ring (bicyclic) bond motifs is 5. The Hall–Kier alpha value is -8.46. The third kappa shape index (κ3) is 6.35. The van der Waals surface area contributed by atoms with Gasteiger partial charge in [-0.3, -0.25) is 0 Å². The molecule has 0 atom stereocenters. The molecule has 1 aromatic heterocycles. The molecule has 0 aliphatic carbocycles. The van der Waals surface area contributed by atoms with Crippen LogP contribution in [0.3, 0.4) is 0 Å². The lowest BCUT2D eigenvalue weighted by Crippen LogP contribution is -2.10. The molecule has 0 saturated heterocycles. The number of aromatic nitrogens is 1. The predicted molar refractivity (Wildman–Crippen MR) is 272 cm³/mol. The fourth-order valence-corrected chi connectivity index (χ4v) is 9.89. The van der Waals surface area contributed by atoms with Crippen LogP contribution >= 0.6 is 0 Å². The monoisotopic (exact) mass is 814 g/mol. The highest BCUT2D eigenvalue weighted by atomic mass is 15.1. The first-order chi connectivity index (χ1) is 31.8. The number of nitrogens with zero attached hydrogens (tertiary/aromatic N) is 2. The molecule has 0 aliphatic heterocycles. The SMILES string of the molecule is c1ccc(-c2c(-c3ccc(N(c4ccc(-c5cccc6ccccc56)cc4)c4ccc(-c5ccccc5)c5ccccc45)cc3)cccc2-n2c3ccccc3c3ccccc32)cc1. The van der Waals surface area contributed by atoms with Crippen LogP contribution in [0.15, 0.2) is 255 Å². The van der Waals surface area contributed by atoms with Crippen molar-refractivity contribution in [3.8, 4) is 50.2 Å². The van der Waals surface area contributed by atoms with Gasteiger partial charge >= 0.3 is 0 Å². The van der Waals surface area contributed by atoms with E-state index in [9.17, 15) is 0 Å². The lowest BCUT2D eigenvalue weighted by Gasteiger charge is -2.28. The maximum Gasteiger partial charge on any atom is 0.0546 e. The predicted octanol–water partition coefficient (Wildman–Crippen LogP) is 17.2. The molecular weight excluding hydrogens is 773 g/mol. The summed E-state index contributed by atoms with van der Waals surface area (Å²) in [4.78, 5) is 2.42. The highest BCUT2D eigenvalue weighted by Gasteiger charge is 2.21. The lowest BCUT2D eigenvalue weighted by atomic mass is 9.92. The van der Waals surface area contributed by atoms with Crippen LogP contribution in [0.2, 0.25) is 0 Å². The van der Waals surface area contributed by atoms with Crippen LogP contribution in [0.5, 0.6) is 0 Å². The van der Waals surface area contributed by atoms with E-state index in [-0.39, 0.29) is 0 Å². The molecule has 0 aliphatic rings. The highest BCUT2D eigenvalue weighted by Crippen LogP contribution is 2.45. The van der Waals surface area contributed by atoms with Gasteiger partial charge < -0.3 is 9.47 Å². The zero-order chi connectivity index (χ0) is 42.4. The standard InChI is InChI=1S/C62H42N2/c1-3-17-43(18-4-1)52-41-42-60(55-25-10-9-24-54(52)55)63(48-37-33-45(34-38-48)51-28-15-22-44-19-7-8-23-50(44)51)49-39-35-46(36-40-49)53-29-16-32-61(62(53)47-20-5-2-6-21-47)64-58-30-13-11-26-56(58)57-27-12-14-31-59(57)64/h1-42H. The van der Waals surface area contributed by atoms with Crippen molar-refractivity contribution in [2.24, 2.45) is 0 Å². The summed E-state index contributed by atoms with van der Waals surface area (Å²) in [6, 6.07) is 92.7. The minimum atomic E-state index is 1.08. The molecule has 0 spiro atoms. The van der Waals surface area contributed by atoms with E-state index in [4.69, 9.17) is 0 Å². The van der Waals surface area contributed by atoms with Gasteiger partial charge in [-0.1, -0.05) is 206 Å². The molecule has 64 heavy (non-hydrogen) atoms. The molecule has 0 fully saturated rings. The van der Waals surface area contributed by atoms with Crippen molar-refractivity contribution in [3.05, 3.63) is 255 Å². The third-order valence-corrected chi connectivity index (χ3v) is 12.8. The van der Waals surface area contributed by atoms with E-state index >= 15 is 0 Å². The molecule has 0 amide bonds. The van der Waals surface area contributed by atoms with Gasteiger partial charge in [0.15, 0.2) is 0 Å². The first-order valence-corrected chi connectivity index (χ1v) is 22.0. The second-order valence-electron chi connectivity index (χ2n) is 16.4. The average Bonchev–Trinajstić information content (AvgIpc) is 3.71. The van der Waals surface area contributed by atoms with Gasteiger partial charge in [-0.15, -0.1) is 0 Å². The van der Waals surface area contributed by atoms with E-state index < -0.39 is 0 Å². The molecule has 1 heterocycles. The fourth-order valence-electron chi connectivity index (χ4n) is 9.89. The molecular formula is C62H42N2. The normalized spacial score (nSPS) is 11.4. The van der Waals surface area contributed by atoms with Crippen LogP contribution in [0, 0.1) is 0 Å². The van der Waals surface area contributed by atoms with Crippen molar-refractivity contribution in [1.29, 1.82) is 0 Å². The van der Waals surface area contributed by atoms with Gasteiger partial charge in [-0.05, 0) is 104 Å². The summed E-state index contributed by atoms with van der Waals surface area (Å²) in [6.45, 7) is 0. The quantitative estimate of drug-likeness (QED) is 0.148. The number of hydrogen-bond donors (Lipinski definition) is 0. The van der Waals surface area contributed by atoms with E-state index in [1.807, 2.05) is 0 Å². The van der Waals surface area contributed by atoms with Crippen LogP contribution in [-0.2, 0) is 0 Å². The third-order valence-electron chi connectivity index (χ3n) is 12.8. The van der Waals surface area contributed by atoms with Gasteiger partial charge in [-0.2, -0.15) is 0 Å². The minimum Gasteiger partial charge on any atom is -0.310 e. The fraction of sp³-hybridized carbons (Fsp3) is 0. The van der Waals surface area contributed by atoms with Crippen LogP contribution in [0.25, 0.3) is 93.5 Å². The highest BCUT2D eigenvalue weighted by molar-refractivity contribution is 6.10. The topological polar surface area (TPSA) is 8.17 Å². The van der Waals surface area contributed by atoms with Crippen LogP contribution in [-0.4, -0.2) is 4.57 Å². The van der Waals surface area contributed by atoms with Crippen molar-refractivity contribution in [2.45, 2.75) is 0 Å². The molecule has 0 unspecified atom stereocenters. The lowest BCUT2D eigenvalue weighted by molar-refractivity contribution is 1.18. The average molecular weight is 815 g/mol. The first-order valence-electron chi connectivity index (χ1n) is 22.0. The summed E-state index contributed by atoms with van der Waals surface area (Å²) in [5.74, 6) is 0. The summed E-state index contributed by atoms with van der Waals surface area (Å²) in [5, 5.41) is 7.41. The van der Waals surface area contributed by atoms with Gasteiger partial charge in [0.1, 0.15) is 0 Å². The van der Waals surface area contributed by atoms with E-state index in [0.29, 0.717) is 0 Å². The van der Waals surface area contributed by atoms with E-state index in [1.54, 1.807) is 0 Å². The van der Waals surface area contributed by atoms with Crippen LogP contribution < -0.4 is 4.90 Å². The summed E-state index contributed by atoms with van der Waals surface area (Å²) >= 11 is 0. The van der Waals surface area contributed by atoms with Crippen molar-refractivity contribution in [2.75, 3.05) is 4.90 Å². The summed E-state index contributed by atoms with van der Waals surface area (Å²) in [6.07, 6.45) is 0. The van der Waals surface area contributed by atoms with Gasteiger partial charge in [-0.25, -0.2) is 0 Å². The molecule has 11 aromatic carbocycles. The van der Waals surface area contributed by atoms with E-state index in [2.05, 4.69) is 264 Å². The number of anilines is 3. The number of rotatable bonds is 8. The molecule has 2 heteroatoms. The Morgan fingerprint density at radius 1 is 0.266 bits per heavy atom. The Morgan fingerprint density at radius 3 is 1.38 bits per heavy atom. The van der Waals surface area contributed by atoms with Crippen molar-refractivity contribution >= 4 is 60.4 Å². The Balaban J connectivity index is 1.03. The maximum atomic E-state index is 2.44. The molecule has 2 nitrogen and oxygen atoms in total. The largest absolute Gasteiger partial charge is 0.310 e. The smallest absolute Gasteiger partial charge is 0.0546 e. The zero-order valence-corrected chi connectivity index (χ0v) is 35.1. The van der Waals surface area contributed by atoms with Crippen LogP contribution in [0.4, 0.5) is 17.1 Å². The minimum absolute atomic E-state index is 1.08. The molecule has 0 N–H and O–H groups in total. The van der Waals surface area contributed by atoms with Crippen molar-refractivity contribution in [1.82, 2.24) is 4.57 Å². The van der Waals surface area contributed by atoms with Crippen LogP contribution in [0.1, 0.15) is 0 Å². The Labute approximate surface area is 373 Å². The molecule has 0 radical (unpaired) electrons. The molecule has 0 bridgehead atoms. The zero-order valence-electron chi connectivity index (χ0n) is 35.1. The Morgan fingerprint density at radius 2 is 0.719 bits per heavy atom. The van der Waals surface area contributed by atoms with Gasteiger partial charge in [0, 0.05) is 33.1 Å². The first kappa shape index (κ1) is 37.3. The number of para-hydroxylation sites is 2. The number of hydrogen-bond acceptors (Lipinski definition) is 1. The Kier molecular flexibility index (Phi) is 9.20. The molecule has 300 valence electrons. The number of benzene rings is 11. The second kappa shape index (κ2) is 15.8. The molecule has 12 aromatic rings. The van der Waals surface area contributed by atoms with E-state index in [0.717, 1.165) is 28.3 Å².